The molecular formula is C16H27N3S. The van der Waals surface area contributed by atoms with Crippen molar-refractivity contribution in [3.8, 4) is 0 Å². The quantitative estimate of drug-likeness (QED) is 0.916. The van der Waals surface area contributed by atoms with Crippen LogP contribution in [-0.4, -0.2) is 24.6 Å². The van der Waals surface area contributed by atoms with Gasteiger partial charge in [-0.3, -0.25) is 0 Å². The summed E-state index contributed by atoms with van der Waals surface area (Å²) in [5.41, 5.74) is 1.71. The molecule has 1 N–H and O–H groups in total. The third kappa shape index (κ3) is 2.60. The molecule has 2 aliphatic carbocycles. The van der Waals surface area contributed by atoms with Crippen LogP contribution in [0.2, 0.25) is 0 Å². The Bertz CT molecular complexity index is 476. The summed E-state index contributed by atoms with van der Waals surface area (Å²) >= 11 is 1.92. The van der Waals surface area contributed by atoms with E-state index in [1.807, 2.05) is 11.3 Å². The molecule has 0 spiro atoms. The van der Waals surface area contributed by atoms with Crippen molar-refractivity contribution in [3.05, 3.63) is 10.6 Å². The summed E-state index contributed by atoms with van der Waals surface area (Å²) in [4.78, 5) is 8.90. The second-order valence-corrected chi connectivity index (χ2v) is 8.17. The largest absolute Gasteiger partial charge is 0.348 e. The number of hydrogen-bond acceptors (Lipinski definition) is 4. The lowest BCUT2D eigenvalue weighted by Gasteiger charge is -2.34. The maximum atomic E-state index is 4.99. The summed E-state index contributed by atoms with van der Waals surface area (Å²) < 4.78 is 0. The van der Waals surface area contributed by atoms with E-state index in [-0.39, 0.29) is 0 Å². The van der Waals surface area contributed by atoms with E-state index in [4.69, 9.17) is 4.98 Å². The highest BCUT2D eigenvalue weighted by atomic mass is 32.1. The molecule has 1 aromatic rings. The second-order valence-electron chi connectivity index (χ2n) is 7.16. The number of anilines is 1. The number of nitrogens with zero attached hydrogens (tertiary/aromatic N) is 2. The number of aromatic nitrogens is 1. The van der Waals surface area contributed by atoms with Crippen LogP contribution in [0.25, 0.3) is 0 Å². The predicted octanol–water partition coefficient (Wildman–Crippen LogP) is 3.75. The van der Waals surface area contributed by atoms with Gasteiger partial charge in [0.05, 0.1) is 5.69 Å². The molecule has 1 heterocycles. The fourth-order valence-corrected chi connectivity index (χ4v) is 4.60. The molecule has 2 aliphatic rings. The van der Waals surface area contributed by atoms with Gasteiger partial charge in [-0.05, 0) is 44.1 Å². The van der Waals surface area contributed by atoms with Crippen molar-refractivity contribution < 1.29 is 0 Å². The average molecular weight is 293 g/mol. The van der Waals surface area contributed by atoms with Gasteiger partial charge in [0, 0.05) is 24.0 Å². The zero-order valence-corrected chi connectivity index (χ0v) is 14.0. The SMILES string of the molecule is CCNC1CC(C)(C)Cc2nc(N(C)C3CCC3)sc21. The van der Waals surface area contributed by atoms with Gasteiger partial charge in [-0.1, -0.05) is 32.1 Å². The predicted molar refractivity (Wildman–Crippen MR) is 86.7 cm³/mol. The van der Waals surface area contributed by atoms with Crippen LogP contribution < -0.4 is 10.2 Å². The molecule has 0 saturated heterocycles. The van der Waals surface area contributed by atoms with Crippen LogP contribution in [0.4, 0.5) is 5.13 Å². The second kappa shape index (κ2) is 5.30. The number of fused-ring (bicyclic) bond motifs is 1. The average Bonchev–Trinajstić information content (AvgIpc) is 2.69. The molecule has 0 aliphatic heterocycles. The smallest absolute Gasteiger partial charge is 0.185 e. The summed E-state index contributed by atoms with van der Waals surface area (Å²) in [5.74, 6) is 0. The van der Waals surface area contributed by atoms with E-state index in [1.54, 1.807) is 0 Å². The molecule has 20 heavy (non-hydrogen) atoms. The molecule has 1 fully saturated rings. The minimum atomic E-state index is 0.361. The van der Waals surface area contributed by atoms with Crippen molar-refractivity contribution >= 4 is 16.5 Å². The van der Waals surface area contributed by atoms with Crippen molar-refractivity contribution in [1.82, 2.24) is 10.3 Å². The lowest BCUT2D eigenvalue weighted by Crippen LogP contribution is -2.37. The Balaban J connectivity index is 1.87. The summed E-state index contributed by atoms with van der Waals surface area (Å²) in [6, 6.07) is 1.23. The highest BCUT2D eigenvalue weighted by Crippen LogP contribution is 2.45. The molecule has 1 saturated carbocycles. The van der Waals surface area contributed by atoms with Gasteiger partial charge < -0.3 is 10.2 Å². The first-order valence-electron chi connectivity index (χ1n) is 7.96. The van der Waals surface area contributed by atoms with Gasteiger partial charge in [0.1, 0.15) is 0 Å². The standard InChI is InChI=1S/C16H27N3S/c1-5-17-12-9-16(2,3)10-13-14(12)20-15(18-13)19(4)11-7-6-8-11/h11-12,17H,5-10H2,1-4H3. The molecule has 3 nitrogen and oxygen atoms in total. The molecule has 4 heteroatoms. The number of rotatable bonds is 4. The zero-order valence-electron chi connectivity index (χ0n) is 13.2. The lowest BCUT2D eigenvalue weighted by atomic mass is 9.76. The monoisotopic (exact) mass is 293 g/mol. The first kappa shape index (κ1) is 14.3. The summed E-state index contributed by atoms with van der Waals surface area (Å²) in [5, 5.41) is 4.89. The van der Waals surface area contributed by atoms with Crippen LogP contribution in [0.3, 0.4) is 0 Å². The Morgan fingerprint density at radius 2 is 2.15 bits per heavy atom. The molecular weight excluding hydrogens is 266 g/mol. The van der Waals surface area contributed by atoms with Gasteiger partial charge in [-0.25, -0.2) is 4.98 Å². The molecule has 0 bridgehead atoms. The van der Waals surface area contributed by atoms with Gasteiger partial charge >= 0.3 is 0 Å². The molecule has 0 radical (unpaired) electrons. The maximum Gasteiger partial charge on any atom is 0.185 e. The summed E-state index contributed by atoms with van der Waals surface area (Å²) in [6.45, 7) is 7.97. The normalized spacial score (nSPS) is 25.1. The van der Waals surface area contributed by atoms with E-state index in [0.717, 1.165) is 19.0 Å². The van der Waals surface area contributed by atoms with Crippen molar-refractivity contribution in [3.63, 3.8) is 0 Å². The van der Waals surface area contributed by atoms with Crippen molar-refractivity contribution in [1.29, 1.82) is 0 Å². The highest BCUT2D eigenvalue weighted by Gasteiger charge is 2.35. The van der Waals surface area contributed by atoms with Gasteiger partial charge in [-0.2, -0.15) is 0 Å². The number of hydrogen-bond donors (Lipinski definition) is 1. The van der Waals surface area contributed by atoms with Crippen LogP contribution in [0, 0.1) is 5.41 Å². The van der Waals surface area contributed by atoms with E-state index in [9.17, 15) is 0 Å². The van der Waals surface area contributed by atoms with Crippen molar-refractivity contribution in [2.75, 3.05) is 18.5 Å². The first-order valence-corrected chi connectivity index (χ1v) is 8.77. The minimum absolute atomic E-state index is 0.361. The van der Waals surface area contributed by atoms with E-state index < -0.39 is 0 Å². The van der Waals surface area contributed by atoms with Crippen LogP contribution >= 0.6 is 11.3 Å². The van der Waals surface area contributed by atoms with Gasteiger partial charge in [-0.15, -0.1) is 0 Å². The zero-order chi connectivity index (χ0) is 14.3. The van der Waals surface area contributed by atoms with Crippen molar-refractivity contribution in [2.24, 2.45) is 5.41 Å². The van der Waals surface area contributed by atoms with E-state index in [2.05, 4.69) is 38.0 Å². The summed E-state index contributed by atoms with van der Waals surface area (Å²) in [6.07, 6.45) is 6.40. The van der Waals surface area contributed by atoms with E-state index >= 15 is 0 Å². The van der Waals surface area contributed by atoms with E-state index in [1.165, 1.54) is 41.4 Å². The molecule has 0 amide bonds. The van der Waals surface area contributed by atoms with Crippen LogP contribution in [-0.2, 0) is 6.42 Å². The van der Waals surface area contributed by atoms with Gasteiger partial charge in [0.25, 0.3) is 0 Å². The molecule has 1 atom stereocenters. The fraction of sp³-hybridized carbons (Fsp3) is 0.812. The van der Waals surface area contributed by atoms with Gasteiger partial charge in [0.2, 0.25) is 0 Å². The molecule has 1 unspecified atom stereocenters. The fourth-order valence-electron chi connectivity index (χ4n) is 3.41. The number of nitrogens with one attached hydrogen (secondary N) is 1. The summed E-state index contributed by atoms with van der Waals surface area (Å²) in [7, 11) is 2.22. The van der Waals surface area contributed by atoms with Crippen LogP contribution in [0.15, 0.2) is 0 Å². The van der Waals surface area contributed by atoms with E-state index in [0.29, 0.717) is 11.5 Å². The maximum absolute atomic E-state index is 4.99. The minimum Gasteiger partial charge on any atom is -0.348 e. The van der Waals surface area contributed by atoms with Gasteiger partial charge in [0.15, 0.2) is 5.13 Å². The first-order chi connectivity index (χ1) is 9.50. The topological polar surface area (TPSA) is 28.2 Å². The Kier molecular flexibility index (Phi) is 3.80. The molecule has 0 aromatic carbocycles. The van der Waals surface area contributed by atoms with Crippen LogP contribution in [0.1, 0.15) is 63.1 Å². The Morgan fingerprint density at radius 1 is 1.40 bits per heavy atom. The molecule has 112 valence electrons. The third-order valence-electron chi connectivity index (χ3n) is 4.81. The van der Waals surface area contributed by atoms with Crippen LogP contribution in [0.5, 0.6) is 0 Å². The Morgan fingerprint density at radius 3 is 2.75 bits per heavy atom. The Hall–Kier alpha value is -0.610. The lowest BCUT2D eigenvalue weighted by molar-refractivity contribution is 0.260. The molecule has 3 rings (SSSR count). The highest BCUT2D eigenvalue weighted by molar-refractivity contribution is 7.15. The molecule has 1 aromatic heterocycles. The Labute approximate surface area is 126 Å². The third-order valence-corrected chi connectivity index (χ3v) is 6.11. The number of thiazole rings is 1. The van der Waals surface area contributed by atoms with Crippen molar-refractivity contribution in [2.45, 2.75) is 65.0 Å².